The predicted molar refractivity (Wildman–Crippen MR) is 141 cm³/mol. The van der Waals surface area contributed by atoms with Gasteiger partial charge in [0.2, 0.25) is 5.88 Å². The number of aryl methyl sites for hydroxylation is 1. The van der Waals surface area contributed by atoms with Crippen LogP contribution in [0, 0.1) is 6.92 Å². The van der Waals surface area contributed by atoms with Crippen molar-refractivity contribution >= 4 is 23.2 Å². The van der Waals surface area contributed by atoms with Gasteiger partial charge in [-0.15, -0.1) is 16.4 Å². The number of pyridine rings is 2. The van der Waals surface area contributed by atoms with Crippen LogP contribution in [-0.2, 0) is 0 Å². The molecule has 37 heavy (non-hydrogen) atoms. The summed E-state index contributed by atoms with van der Waals surface area (Å²) in [5.41, 5.74) is 3.35. The Hall–Kier alpha value is -4.10. The Morgan fingerprint density at radius 3 is 2.68 bits per heavy atom. The number of hydrogen-bond acceptors (Lipinski definition) is 10. The molecule has 1 atom stereocenters. The summed E-state index contributed by atoms with van der Waals surface area (Å²) in [6.45, 7) is 6.85. The summed E-state index contributed by atoms with van der Waals surface area (Å²) >= 11 is 1.47. The number of anilines is 1. The lowest BCUT2D eigenvalue weighted by Gasteiger charge is -2.20. The van der Waals surface area contributed by atoms with Crippen LogP contribution in [0.25, 0.3) is 33.2 Å². The van der Waals surface area contributed by atoms with Crippen LogP contribution in [0.15, 0.2) is 39.1 Å². The van der Waals surface area contributed by atoms with Crippen molar-refractivity contribution in [3.8, 4) is 39.0 Å². The molecule has 4 rings (SSSR count). The van der Waals surface area contributed by atoms with Crippen LogP contribution in [0.1, 0.15) is 19.5 Å². The van der Waals surface area contributed by atoms with E-state index >= 15 is 0 Å². The van der Waals surface area contributed by atoms with Gasteiger partial charge >= 0.3 is 11.8 Å². The number of nitrogens with zero attached hydrogens (tertiary/aromatic N) is 5. The standard InChI is InChI=1S/C24H28N8O4S/c1-6-25-23(33)29-19-8-17(22-28-13(2)12-37-22)18(10-26-19)16-7-15(20-30-31-24(34)36-20)9-27-21(16)35-14(3)11-32(4)5/h7-10,12,14H,6,11H2,1-5H3,(H,31,34)(H2,25,26,29,33). The molecule has 0 aliphatic carbocycles. The van der Waals surface area contributed by atoms with Crippen LogP contribution < -0.4 is 21.1 Å². The largest absolute Gasteiger partial charge is 0.473 e. The summed E-state index contributed by atoms with van der Waals surface area (Å²) in [7, 11) is 3.92. The molecule has 1 unspecified atom stereocenters. The molecule has 13 heteroatoms. The maximum atomic E-state index is 12.1. The Labute approximate surface area is 217 Å². The number of carbonyl (C=O) groups excluding carboxylic acids is 1. The van der Waals surface area contributed by atoms with Gasteiger partial charge in [0.15, 0.2) is 0 Å². The zero-order valence-corrected chi connectivity index (χ0v) is 22.0. The summed E-state index contributed by atoms with van der Waals surface area (Å²) in [6.07, 6.45) is 3.00. The summed E-state index contributed by atoms with van der Waals surface area (Å²) < 4.78 is 11.4. The first-order valence-electron chi connectivity index (χ1n) is 11.6. The third-order valence-electron chi connectivity index (χ3n) is 5.09. The highest BCUT2D eigenvalue weighted by Crippen LogP contribution is 2.40. The van der Waals surface area contributed by atoms with E-state index in [0.29, 0.717) is 41.5 Å². The van der Waals surface area contributed by atoms with Gasteiger partial charge in [0.25, 0.3) is 5.89 Å². The van der Waals surface area contributed by atoms with Crippen LogP contribution >= 0.6 is 11.3 Å². The highest BCUT2D eigenvalue weighted by atomic mass is 32.1. The van der Waals surface area contributed by atoms with Crippen molar-refractivity contribution in [1.29, 1.82) is 0 Å². The number of ether oxygens (including phenoxy) is 1. The molecule has 0 radical (unpaired) electrons. The fraction of sp³-hybridized carbons (Fsp3) is 0.333. The van der Waals surface area contributed by atoms with Crippen molar-refractivity contribution in [2.45, 2.75) is 26.9 Å². The van der Waals surface area contributed by atoms with Gasteiger partial charge in [0.1, 0.15) is 16.9 Å². The van der Waals surface area contributed by atoms with Crippen LogP contribution in [0.5, 0.6) is 5.88 Å². The monoisotopic (exact) mass is 524 g/mol. The number of urea groups is 1. The highest BCUT2D eigenvalue weighted by Gasteiger charge is 2.21. The smallest absolute Gasteiger partial charge is 0.434 e. The number of rotatable bonds is 9. The van der Waals surface area contributed by atoms with Gasteiger partial charge in [0.05, 0.1) is 5.56 Å². The molecule has 194 valence electrons. The number of H-pyrrole nitrogens is 1. The van der Waals surface area contributed by atoms with Crippen molar-refractivity contribution in [1.82, 2.24) is 35.4 Å². The lowest BCUT2D eigenvalue weighted by molar-refractivity contribution is 0.171. The van der Waals surface area contributed by atoms with E-state index in [1.807, 2.05) is 45.1 Å². The second-order valence-corrected chi connectivity index (χ2v) is 9.44. The Morgan fingerprint density at radius 1 is 1.22 bits per heavy atom. The van der Waals surface area contributed by atoms with Crippen LogP contribution in [0.4, 0.5) is 10.6 Å². The van der Waals surface area contributed by atoms with E-state index in [-0.39, 0.29) is 18.0 Å². The Kier molecular flexibility index (Phi) is 7.94. The molecular weight excluding hydrogens is 496 g/mol. The van der Waals surface area contributed by atoms with E-state index in [0.717, 1.165) is 16.3 Å². The number of aromatic amines is 1. The van der Waals surface area contributed by atoms with Gasteiger partial charge in [-0.1, -0.05) is 0 Å². The van der Waals surface area contributed by atoms with Crippen molar-refractivity contribution in [3.05, 3.63) is 46.2 Å². The topological polar surface area (TPSA) is 151 Å². The molecule has 0 bridgehead atoms. The highest BCUT2D eigenvalue weighted by molar-refractivity contribution is 7.13. The normalized spacial score (nSPS) is 11.9. The molecule has 12 nitrogen and oxygen atoms in total. The second kappa shape index (κ2) is 11.3. The molecule has 2 amide bonds. The lowest BCUT2D eigenvalue weighted by atomic mass is 10.0. The van der Waals surface area contributed by atoms with Gasteiger partial charge in [-0.25, -0.2) is 29.6 Å². The number of amides is 2. The molecule has 3 N–H and O–H groups in total. The van der Waals surface area contributed by atoms with E-state index in [4.69, 9.17) is 9.15 Å². The number of aromatic nitrogens is 5. The first-order chi connectivity index (χ1) is 17.7. The zero-order chi connectivity index (χ0) is 26.5. The average Bonchev–Trinajstić information content (AvgIpc) is 3.47. The van der Waals surface area contributed by atoms with Gasteiger partial charge in [-0.3, -0.25) is 5.32 Å². The van der Waals surface area contributed by atoms with Gasteiger partial charge in [0, 0.05) is 53.2 Å². The van der Waals surface area contributed by atoms with Crippen LogP contribution in [-0.4, -0.2) is 69.4 Å². The quantitative estimate of drug-likeness (QED) is 0.299. The fourth-order valence-electron chi connectivity index (χ4n) is 3.67. The van der Waals surface area contributed by atoms with Crippen molar-refractivity contribution < 1.29 is 13.9 Å². The molecule has 0 aliphatic heterocycles. The Balaban J connectivity index is 1.86. The van der Waals surface area contributed by atoms with Crippen molar-refractivity contribution in [2.75, 3.05) is 32.5 Å². The zero-order valence-electron chi connectivity index (χ0n) is 21.2. The summed E-state index contributed by atoms with van der Waals surface area (Å²) in [5, 5.41) is 14.3. The molecular formula is C24H28N8O4S. The number of thiazole rings is 1. The first kappa shape index (κ1) is 26.0. The van der Waals surface area contributed by atoms with E-state index < -0.39 is 5.76 Å². The van der Waals surface area contributed by atoms with Crippen molar-refractivity contribution in [3.63, 3.8) is 0 Å². The first-order valence-corrected chi connectivity index (χ1v) is 12.5. The summed E-state index contributed by atoms with van der Waals surface area (Å²) in [4.78, 5) is 39.4. The van der Waals surface area contributed by atoms with Crippen LogP contribution in [0.3, 0.4) is 0 Å². The van der Waals surface area contributed by atoms with E-state index in [1.54, 1.807) is 18.3 Å². The third kappa shape index (κ3) is 6.37. The van der Waals surface area contributed by atoms with Crippen LogP contribution in [0.2, 0.25) is 0 Å². The van der Waals surface area contributed by atoms with E-state index in [1.165, 1.54) is 17.5 Å². The summed E-state index contributed by atoms with van der Waals surface area (Å²) in [5.74, 6) is 0.166. The molecule has 0 aromatic carbocycles. The maximum Gasteiger partial charge on any atom is 0.434 e. The molecule has 4 aromatic heterocycles. The third-order valence-corrected chi connectivity index (χ3v) is 6.09. The second-order valence-electron chi connectivity index (χ2n) is 8.58. The minimum Gasteiger partial charge on any atom is -0.473 e. The Morgan fingerprint density at radius 2 is 2.03 bits per heavy atom. The number of likely N-dealkylation sites (N-methyl/N-ethyl adjacent to an activating group) is 1. The number of nitrogens with one attached hydrogen (secondary N) is 3. The molecule has 4 heterocycles. The predicted octanol–water partition coefficient (Wildman–Crippen LogP) is 3.39. The SMILES string of the molecule is CCNC(=O)Nc1cc(-c2nc(C)cs2)c(-c2cc(-c3n[nH]c(=O)o3)cnc2OC(C)CN(C)C)cn1. The molecule has 0 aliphatic rings. The fourth-order valence-corrected chi connectivity index (χ4v) is 4.49. The minimum absolute atomic E-state index is 0.0979. The van der Waals surface area contributed by atoms with Gasteiger partial charge in [-0.05, 0) is 47.0 Å². The van der Waals surface area contributed by atoms with Gasteiger partial charge in [-0.2, -0.15) is 0 Å². The number of hydrogen-bond donors (Lipinski definition) is 3. The van der Waals surface area contributed by atoms with Crippen molar-refractivity contribution in [2.24, 2.45) is 0 Å². The van der Waals surface area contributed by atoms with E-state index in [2.05, 4.69) is 35.8 Å². The minimum atomic E-state index is -0.669. The lowest BCUT2D eigenvalue weighted by Crippen LogP contribution is -2.28. The maximum absolute atomic E-state index is 12.1. The average molecular weight is 525 g/mol. The Bertz CT molecular complexity index is 1440. The molecule has 0 fully saturated rings. The molecule has 0 spiro atoms. The summed E-state index contributed by atoms with van der Waals surface area (Å²) in [6, 6.07) is 3.18. The van der Waals surface area contributed by atoms with Gasteiger partial charge < -0.3 is 19.4 Å². The molecule has 0 saturated carbocycles. The molecule has 4 aromatic rings. The number of carbonyl (C=O) groups is 1. The molecule has 0 saturated heterocycles. The van der Waals surface area contributed by atoms with E-state index in [9.17, 15) is 9.59 Å².